The second-order valence-electron chi connectivity index (χ2n) is 12.0. The summed E-state index contributed by atoms with van der Waals surface area (Å²) in [6, 6.07) is 15.3. The molecule has 3 aromatic rings. The van der Waals surface area contributed by atoms with Crippen LogP contribution in [0.25, 0.3) is 11.1 Å². The number of benzene rings is 3. The van der Waals surface area contributed by atoms with E-state index in [0.29, 0.717) is 16.5 Å². The molecule has 0 aromatic heterocycles. The summed E-state index contributed by atoms with van der Waals surface area (Å²) in [5, 5.41) is 22.6. The van der Waals surface area contributed by atoms with Gasteiger partial charge >= 0.3 is 0 Å². The average molecular weight is 480 g/mol. The molecule has 2 unspecified atom stereocenters. The zero-order chi connectivity index (χ0) is 25.0. The molecular formula is C32H33NO3. The van der Waals surface area contributed by atoms with Crippen LogP contribution in [0.2, 0.25) is 0 Å². The van der Waals surface area contributed by atoms with Gasteiger partial charge in [0.25, 0.3) is 5.91 Å². The van der Waals surface area contributed by atoms with Crippen molar-refractivity contribution in [2.24, 2.45) is 23.2 Å². The van der Waals surface area contributed by atoms with Gasteiger partial charge in [0.15, 0.2) is 0 Å². The van der Waals surface area contributed by atoms with Crippen molar-refractivity contribution in [3.63, 3.8) is 0 Å². The molecule has 3 aromatic carbocycles. The average Bonchev–Trinajstić information content (AvgIpc) is 2.76. The molecular weight excluding hydrogens is 446 g/mol. The van der Waals surface area contributed by atoms with E-state index in [9.17, 15) is 15.0 Å². The summed E-state index contributed by atoms with van der Waals surface area (Å²) in [7, 11) is 0. The minimum atomic E-state index is -0.132. The highest BCUT2D eigenvalue weighted by molar-refractivity contribution is 5.95. The van der Waals surface area contributed by atoms with Gasteiger partial charge in [-0.3, -0.25) is 4.79 Å². The Kier molecular flexibility index (Phi) is 4.36. The van der Waals surface area contributed by atoms with Crippen LogP contribution in [0.5, 0.6) is 11.5 Å². The molecule has 2 atom stereocenters. The number of hydrogen-bond acceptors (Lipinski definition) is 3. The van der Waals surface area contributed by atoms with Crippen molar-refractivity contribution in [2.75, 3.05) is 0 Å². The number of aromatic hydroxyl groups is 2. The number of rotatable bonds is 5. The quantitative estimate of drug-likeness (QED) is 0.402. The van der Waals surface area contributed by atoms with Crippen LogP contribution in [0.3, 0.4) is 0 Å². The van der Waals surface area contributed by atoms with Crippen molar-refractivity contribution in [1.29, 1.82) is 0 Å². The van der Waals surface area contributed by atoms with Gasteiger partial charge in [0.1, 0.15) is 11.5 Å². The van der Waals surface area contributed by atoms with Gasteiger partial charge in [0, 0.05) is 29.2 Å². The molecule has 0 heterocycles. The highest BCUT2D eigenvalue weighted by Gasteiger charge is 2.87. The van der Waals surface area contributed by atoms with Crippen LogP contribution in [-0.2, 0) is 12.0 Å². The molecule has 4 saturated carbocycles. The van der Waals surface area contributed by atoms with E-state index in [2.05, 4.69) is 50.4 Å². The maximum Gasteiger partial charge on any atom is 0.251 e. The van der Waals surface area contributed by atoms with Crippen molar-refractivity contribution >= 4 is 5.91 Å². The Morgan fingerprint density at radius 1 is 0.917 bits per heavy atom. The molecule has 7 rings (SSSR count). The summed E-state index contributed by atoms with van der Waals surface area (Å²) in [4.78, 5) is 13.3. The summed E-state index contributed by atoms with van der Waals surface area (Å²) in [6.07, 6.45) is 5.35. The van der Waals surface area contributed by atoms with Gasteiger partial charge in [0.05, 0.1) is 0 Å². The van der Waals surface area contributed by atoms with E-state index >= 15 is 0 Å². The van der Waals surface area contributed by atoms with Gasteiger partial charge in [-0.2, -0.15) is 0 Å². The third kappa shape index (κ3) is 2.57. The summed E-state index contributed by atoms with van der Waals surface area (Å²) in [6.45, 7) is 6.78. The third-order valence-corrected chi connectivity index (χ3v) is 10.4. The van der Waals surface area contributed by atoms with E-state index in [1.54, 1.807) is 6.07 Å². The predicted molar refractivity (Wildman–Crippen MR) is 140 cm³/mol. The monoisotopic (exact) mass is 479 g/mol. The smallest absolute Gasteiger partial charge is 0.251 e. The van der Waals surface area contributed by atoms with E-state index in [4.69, 9.17) is 0 Å². The zero-order valence-corrected chi connectivity index (χ0v) is 21.2. The molecule has 0 bridgehead atoms. The molecule has 184 valence electrons. The molecule has 36 heavy (non-hydrogen) atoms. The number of nitrogens with one attached hydrogen (secondary N) is 1. The summed E-state index contributed by atoms with van der Waals surface area (Å²) >= 11 is 0. The van der Waals surface area contributed by atoms with Crippen molar-refractivity contribution in [2.45, 2.75) is 58.4 Å². The van der Waals surface area contributed by atoms with E-state index in [1.165, 1.54) is 71.2 Å². The Balaban J connectivity index is 1.28. The first-order chi connectivity index (χ1) is 17.2. The normalized spacial score (nSPS) is 30.6. The van der Waals surface area contributed by atoms with E-state index < -0.39 is 0 Å². The van der Waals surface area contributed by atoms with E-state index in [-0.39, 0.29) is 29.4 Å². The minimum Gasteiger partial charge on any atom is -0.508 e. The fraction of sp³-hybridized carbons (Fsp3) is 0.406. The van der Waals surface area contributed by atoms with Crippen LogP contribution in [0.1, 0.15) is 63.9 Å². The largest absolute Gasteiger partial charge is 0.508 e. The summed E-state index contributed by atoms with van der Waals surface area (Å²) in [5.41, 5.74) is 9.90. The van der Waals surface area contributed by atoms with Crippen molar-refractivity contribution in [1.82, 2.24) is 5.32 Å². The second-order valence-corrected chi connectivity index (χ2v) is 12.0. The topological polar surface area (TPSA) is 69.6 Å². The molecule has 4 heteroatoms. The maximum absolute atomic E-state index is 13.3. The number of amides is 1. The molecule has 4 nitrogen and oxygen atoms in total. The first kappa shape index (κ1) is 22.0. The van der Waals surface area contributed by atoms with Crippen LogP contribution in [0, 0.1) is 43.9 Å². The molecule has 1 amide bonds. The van der Waals surface area contributed by atoms with Crippen molar-refractivity contribution in [3.05, 3.63) is 81.9 Å². The van der Waals surface area contributed by atoms with Gasteiger partial charge in [-0.1, -0.05) is 23.8 Å². The number of phenols is 2. The molecule has 4 aliphatic carbocycles. The van der Waals surface area contributed by atoms with Gasteiger partial charge < -0.3 is 15.5 Å². The standard InChI is InChI=1S/C32H33NO3/c1-17-8-18(2)29(19(3)9-17)26-7-5-20(30(36)33-16-21-4-6-25(34)13-28(21)35)10-27(26)31-14-23-11-22-12-24(15-31)32(22,23)31/h4-10,13,22-24,34-35H,11-12,14-16H2,1-3H3,(H,33,36). The lowest BCUT2D eigenvalue weighted by molar-refractivity contribution is -0.395. The lowest BCUT2D eigenvalue weighted by atomic mass is 9.12. The van der Waals surface area contributed by atoms with Gasteiger partial charge in [-0.25, -0.2) is 0 Å². The van der Waals surface area contributed by atoms with Gasteiger partial charge in [-0.15, -0.1) is 0 Å². The molecule has 0 aliphatic heterocycles. The zero-order valence-electron chi connectivity index (χ0n) is 21.2. The van der Waals surface area contributed by atoms with Gasteiger partial charge in [0.2, 0.25) is 0 Å². The van der Waals surface area contributed by atoms with Crippen LogP contribution < -0.4 is 5.32 Å². The van der Waals surface area contributed by atoms with Crippen molar-refractivity contribution in [3.8, 4) is 22.6 Å². The lowest BCUT2D eigenvalue weighted by Gasteiger charge is -2.91. The molecule has 0 radical (unpaired) electrons. The molecule has 0 saturated heterocycles. The molecule has 4 aliphatic rings. The van der Waals surface area contributed by atoms with E-state index in [0.717, 1.165) is 17.8 Å². The highest BCUT2D eigenvalue weighted by Crippen LogP contribution is 2.93. The first-order valence-electron chi connectivity index (χ1n) is 13.3. The fourth-order valence-electron chi connectivity index (χ4n) is 9.27. The number of phenolic OH excluding ortho intramolecular Hbond substituents is 2. The Bertz CT molecular complexity index is 1410. The Labute approximate surface area is 212 Å². The Morgan fingerprint density at radius 3 is 2.22 bits per heavy atom. The minimum absolute atomic E-state index is 0.00558. The van der Waals surface area contributed by atoms with Crippen LogP contribution in [-0.4, -0.2) is 16.1 Å². The Hall–Kier alpha value is -3.27. The summed E-state index contributed by atoms with van der Waals surface area (Å²) < 4.78 is 0. The number of carbonyl (C=O) groups is 1. The highest BCUT2D eigenvalue weighted by atomic mass is 16.3. The molecule has 3 N–H and O–H groups in total. The molecule has 4 fully saturated rings. The van der Waals surface area contributed by atoms with Crippen molar-refractivity contribution < 1.29 is 15.0 Å². The first-order valence-corrected chi connectivity index (χ1v) is 13.3. The Morgan fingerprint density at radius 2 is 1.61 bits per heavy atom. The predicted octanol–water partition coefficient (Wildman–Crippen LogP) is 6.31. The SMILES string of the molecule is Cc1cc(C)c(-c2ccc(C(=O)NCc3ccc(O)cc3O)cc2C23CC4CC5CC(C2)C543)c(C)c1. The number of carbonyl (C=O) groups excluding carboxylic acids is 1. The second kappa shape index (κ2) is 7.15. The molecule has 1 spiro atoms. The number of aryl methyl sites for hydroxylation is 3. The maximum atomic E-state index is 13.3. The third-order valence-electron chi connectivity index (χ3n) is 10.4. The van der Waals surface area contributed by atoms with Crippen LogP contribution in [0.15, 0.2) is 48.5 Å². The number of hydrogen-bond donors (Lipinski definition) is 3. The van der Waals surface area contributed by atoms with E-state index in [1.807, 2.05) is 6.07 Å². The fourth-order valence-corrected chi connectivity index (χ4v) is 9.27. The van der Waals surface area contributed by atoms with Crippen LogP contribution >= 0.6 is 0 Å². The summed E-state index contributed by atoms with van der Waals surface area (Å²) in [5.74, 6) is 2.52. The lowest BCUT2D eigenvalue weighted by Crippen LogP contribution is -2.87. The van der Waals surface area contributed by atoms with Gasteiger partial charge in [-0.05, 0) is 122 Å². The van der Waals surface area contributed by atoms with Crippen LogP contribution in [0.4, 0.5) is 0 Å².